The molecule has 7 nitrogen and oxygen atoms in total. The number of methoxy groups -OCH3 is 1. The molecule has 0 aliphatic rings. The number of esters is 2. The molecule has 0 aromatic heterocycles. The third-order valence-electron chi connectivity index (χ3n) is 1.61. The lowest BCUT2D eigenvalue weighted by Crippen LogP contribution is -2.20. The Bertz CT molecular complexity index is 384. The van der Waals surface area contributed by atoms with Crippen LogP contribution in [0.25, 0.3) is 0 Å². The molecule has 1 atom stereocenters. The predicted octanol–water partition coefficient (Wildman–Crippen LogP) is 1.15. The summed E-state index contributed by atoms with van der Waals surface area (Å²) in [5.41, 5.74) is 0. The summed E-state index contributed by atoms with van der Waals surface area (Å²) in [7, 11) is 1.22. The zero-order valence-corrected chi connectivity index (χ0v) is 11.9. The number of hydrogen-bond acceptors (Lipinski definition) is 7. The third kappa shape index (κ3) is 12.1. The van der Waals surface area contributed by atoms with E-state index in [0.29, 0.717) is 6.54 Å². The zero-order valence-electron chi connectivity index (χ0n) is 11.9. The lowest BCUT2D eigenvalue weighted by atomic mass is 10.4. The third-order valence-corrected chi connectivity index (χ3v) is 1.61. The van der Waals surface area contributed by atoms with Gasteiger partial charge >= 0.3 is 11.9 Å². The summed E-state index contributed by atoms with van der Waals surface area (Å²) in [5, 5.41) is 0. The van der Waals surface area contributed by atoms with Gasteiger partial charge in [0.05, 0.1) is 7.11 Å². The Hall–Kier alpha value is -2.40. The smallest absolute Gasteiger partial charge is 0.372 e. The second-order valence-corrected chi connectivity index (χ2v) is 3.24. The molecule has 0 amide bonds. The minimum Gasteiger partial charge on any atom is -0.483 e. The quantitative estimate of drug-likeness (QED) is 0.229. The van der Waals surface area contributed by atoms with Gasteiger partial charge in [0.15, 0.2) is 5.76 Å². The first-order chi connectivity index (χ1) is 9.42. The number of carbonyl (C=O) groups excluding carboxylic acids is 3. The van der Waals surface area contributed by atoms with E-state index in [1.807, 2.05) is 0 Å². The van der Waals surface area contributed by atoms with Gasteiger partial charge in [-0.15, -0.1) is 0 Å². The van der Waals surface area contributed by atoms with Crippen LogP contribution >= 0.6 is 0 Å². The van der Waals surface area contributed by atoms with Crippen LogP contribution in [0.5, 0.6) is 0 Å². The number of hydrogen-bond donors (Lipinski definition) is 0. The van der Waals surface area contributed by atoms with E-state index < -0.39 is 18.0 Å². The average molecular weight is 285 g/mol. The normalized spacial score (nSPS) is 9.75. The van der Waals surface area contributed by atoms with E-state index in [1.54, 1.807) is 13.8 Å². The Labute approximate surface area is 117 Å². The molecule has 0 aromatic carbocycles. The fraction of sp³-hybridized carbons (Fsp3) is 0.462. The summed E-state index contributed by atoms with van der Waals surface area (Å²) in [5.74, 6) is -1.33. The summed E-state index contributed by atoms with van der Waals surface area (Å²) >= 11 is 0. The van der Waals surface area contributed by atoms with Crippen molar-refractivity contribution >= 4 is 18.0 Å². The topological polar surface area (TPSA) is 91.3 Å². The maximum Gasteiger partial charge on any atom is 0.372 e. The Kier molecular flexibility index (Phi) is 13.0. The largest absolute Gasteiger partial charge is 0.483 e. The SMILES string of the molecule is C=CC(=O)OC(C)COC(=C)C(=O)OC.CCN=C=O. The summed E-state index contributed by atoms with van der Waals surface area (Å²) < 4.78 is 14.1. The Morgan fingerprint density at radius 1 is 1.45 bits per heavy atom. The van der Waals surface area contributed by atoms with Crippen LogP contribution in [0.1, 0.15) is 13.8 Å². The monoisotopic (exact) mass is 285 g/mol. The summed E-state index contributed by atoms with van der Waals surface area (Å²) in [6.45, 7) is 10.6. The van der Waals surface area contributed by atoms with Gasteiger partial charge in [-0.05, 0) is 20.4 Å². The van der Waals surface area contributed by atoms with Gasteiger partial charge in [-0.25, -0.2) is 19.4 Å². The molecule has 0 heterocycles. The molecular weight excluding hydrogens is 266 g/mol. The van der Waals surface area contributed by atoms with Gasteiger partial charge in [-0.2, -0.15) is 0 Å². The molecule has 0 saturated carbocycles. The molecule has 0 aromatic rings. The van der Waals surface area contributed by atoms with Gasteiger partial charge in [0, 0.05) is 12.6 Å². The molecule has 0 rings (SSSR count). The van der Waals surface area contributed by atoms with E-state index in [2.05, 4.69) is 22.9 Å². The van der Waals surface area contributed by atoms with Crippen LogP contribution in [0.4, 0.5) is 0 Å². The number of isocyanates is 1. The highest BCUT2D eigenvalue weighted by Crippen LogP contribution is 2.00. The molecule has 0 saturated heterocycles. The van der Waals surface area contributed by atoms with E-state index in [4.69, 9.17) is 14.3 Å². The molecular formula is C13H19NO6. The van der Waals surface area contributed by atoms with Gasteiger partial charge in [0.1, 0.15) is 12.7 Å². The highest BCUT2D eigenvalue weighted by Gasteiger charge is 2.12. The number of ether oxygens (including phenoxy) is 3. The maximum atomic E-state index is 10.8. The van der Waals surface area contributed by atoms with Gasteiger partial charge < -0.3 is 14.2 Å². The first-order valence-electron chi connectivity index (χ1n) is 5.69. The molecule has 0 fully saturated rings. The number of carbonyl (C=O) groups is 2. The summed E-state index contributed by atoms with van der Waals surface area (Å²) in [6, 6.07) is 0. The molecule has 7 heteroatoms. The van der Waals surface area contributed by atoms with Crippen LogP contribution in [0.15, 0.2) is 30.0 Å². The van der Waals surface area contributed by atoms with E-state index in [9.17, 15) is 9.59 Å². The second kappa shape index (κ2) is 13.0. The fourth-order valence-electron chi connectivity index (χ4n) is 0.736. The molecule has 20 heavy (non-hydrogen) atoms. The first-order valence-corrected chi connectivity index (χ1v) is 5.69. The van der Waals surface area contributed by atoms with Gasteiger partial charge in [-0.1, -0.05) is 6.58 Å². The fourth-order valence-corrected chi connectivity index (χ4v) is 0.736. The van der Waals surface area contributed by atoms with E-state index in [-0.39, 0.29) is 12.4 Å². The zero-order chi connectivity index (χ0) is 16.0. The Balaban J connectivity index is 0. The van der Waals surface area contributed by atoms with Crippen molar-refractivity contribution in [2.45, 2.75) is 20.0 Å². The highest BCUT2D eigenvalue weighted by molar-refractivity contribution is 5.85. The van der Waals surface area contributed by atoms with Gasteiger partial charge in [0.25, 0.3) is 0 Å². The second-order valence-electron chi connectivity index (χ2n) is 3.24. The molecule has 0 radical (unpaired) electrons. The lowest BCUT2D eigenvalue weighted by Gasteiger charge is -2.13. The first kappa shape index (κ1) is 19.9. The Morgan fingerprint density at radius 3 is 2.40 bits per heavy atom. The number of nitrogens with zero attached hydrogens (tertiary/aromatic N) is 1. The van der Waals surface area contributed by atoms with Crippen molar-refractivity contribution < 1.29 is 28.6 Å². The van der Waals surface area contributed by atoms with Gasteiger partial charge in [0.2, 0.25) is 6.08 Å². The number of rotatable bonds is 7. The summed E-state index contributed by atoms with van der Waals surface area (Å²) in [6.07, 6.45) is 1.95. The number of aliphatic imine (C=N–C) groups is 1. The van der Waals surface area contributed by atoms with Crippen molar-refractivity contribution in [2.24, 2.45) is 4.99 Å². The van der Waals surface area contributed by atoms with Gasteiger partial charge in [-0.3, -0.25) is 0 Å². The average Bonchev–Trinajstić information content (AvgIpc) is 2.45. The molecule has 0 N–H and O–H groups in total. The van der Waals surface area contributed by atoms with Crippen molar-refractivity contribution in [1.82, 2.24) is 0 Å². The molecule has 112 valence electrons. The lowest BCUT2D eigenvalue weighted by molar-refractivity contribution is -0.145. The van der Waals surface area contributed by atoms with Crippen molar-refractivity contribution in [3.63, 3.8) is 0 Å². The minimum atomic E-state index is -0.655. The maximum absolute atomic E-state index is 10.8. The molecule has 0 bridgehead atoms. The summed E-state index contributed by atoms with van der Waals surface area (Å²) in [4.78, 5) is 33.9. The van der Waals surface area contributed by atoms with Crippen molar-refractivity contribution in [2.75, 3.05) is 20.3 Å². The van der Waals surface area contributed by atoms with Crippen LogP contribution in [-0.2, 0) is 28.6 Å². The van der Waals surface area contributed by atoms with Crippen LogP contribution < -0.4 is 0 Å². The molecule has 0 spiro atoms. The highest BCUT2D eigenvalue weighted by atomic mass is 16.6. The van der Waals surface area contributed by atoms with E-state index in [0.717, 1.165) is 6.08 Å². The van der Waals surface area contributed by atoms with Crippen LogP contribution in [0, 0.1) is 0 Å². The molecule has 0 aliphatic heterocycles. The minimum absolute atomic E-state index is 0.0352. The predicted molar refractivity (Wildman–Crippen MR) is 71.5 cm³/mol. The standard InChI is InChI=1S/C10H14O5.C3H5NO/c1-5-9(11)15-7(2)6-14-8(3)10(12)13-4;1-2-4-3-5/h5,7H,1,3,6H2,2,4H3;2H2,1H3. The van der Waals surface area contributed by atoms with Crippen LogP contribution in [0.2, 0.25) is 0 Å². The Morgan fingerprint density at radius 2 is 2.05 bits per heavy atom. The van der Waals surface area contributed by atoms with Crippen molar-refractivity contribution in [3.05, 3.63) is 25.0 Å². The molecule has 0 aliphatic carbocycles. The van der Waals surface area contributed by atoms with E-state index in [1.165, 1.54) is 13.2 Å². The van der Waals surface area contributed by atoms with Crippen LogP contribution in [0.3, 0.4) is 0 Å². The molecule has 1 unspecified atom stereocenters. The van der Waals surface area contributed by atoms with Crippen molar-refractivity contribution in [3.8, 4) is 0 Å². The van der Waals surface area contributed by atoms with Crippen LogP contribution in [-0.4, -0.2) is 44.4 Å². The van der Waals surface area contributed by atoms with E-state index >= 15 is 0 Å². The van der Waals surface area contributed by atoms with Crippen molar-refractivity contribution in [1.29, 1.82) is 0 Å².